The van der Waals surface area contributed by atoms with E-state index in [1.165, 1.54) is 0 Å². The molecule has 0 saturated heterocycles. The van der Waals surface area contributed by atoms with E-state index < -0.39 is 0 Å². The predicted molar refractivity (Wildman–Crippen MR) is 93.2 cm³/mol. The molecule has 2 N–H and O–H groups in total. The van der Waals surface area contributed by atoms with Gasteiger partial charge in [0.1, 0.15) is 0 Å². The van der Waals surface area contributed by atoms with Crippen LogP contribution in [0.2, 0.25) is 5.02 Å². The molecule has 0 fully saturated rings. The number of carbonyl (C=O) groups is 1. The molecule has 1 amide bonds. The Kier molecular flexibility index (Phi) is 6.43. The maximum Gasteiger partial charge on any atom is 0.237 e. The highest BCUT2D eigenvalue weighted by molar-refractivity contribution is 7.09. The second-order valence-corrected chi connectivity index (χ2v) is 6.67. The number of hydrogen-bond acceptors (Lipinski definition) is 3. The normalized spacial score (nSPS) is 13.6. The largest absolute Gasteiger partial charge is 0.350 e. The topological polar surface area (TPSA) is 41.1 Å². The Labute approximate surface area is 140 Å². The first-order valence-corrected chi connectivity index (χ1v) is 8.67. The van der Waals surface area contributed by atoms with Gasteiger partial charge in [-0.05, 0) is 42.5 Å². The predicted octanol–water partition coefficient (Wildman–Crippen LogP) is 4.15. The van der Waals surface area contributed by atoms with Gasteiger partial charge in [-0.1, -0.05) is 36.7 Å². The highest BCUT2D eigenvalue weighted by Crippen LogP contribution is 2.19. The van der Waals surface area contributed by atoms with E-state index in [-0.39, 0.29) is 18.0 Å². The minimum absolute atomic E-state index is 0.0146. The Hall–Kier alpha value is -1.36. The zero-order chi connectivity index (χ0) is 15.9. The van der Waals surface area contributed by atoms with Crippen LogP contribution in [-0.4, -0.2) is 11.9 Å². The Morgan fingerprint density at radius 3 is 2.59 bits per heavy atom. The average molecular weight is 337 g/mol. The average Bonchev–Trinajstić information content (AvgIpc) is 3.04. The smallest absolute Gasteiger partial charge is 0.237 e. The Balaban J connectivity index is 1.89. The van der Waals surface area contributed by atoms with Crippen molar-refractivity contribution in [3.63, 3.8) is 0 Å². The van der Waals surface area contributed by atoms with Gasteiger partial charge in [0.05, 0.1) is 12.6 Å². The van der Waals surface area contributed by atoms with Gasteiger partial charge in [-0.25, -0.2) is 0 Å². The molecule has 0 bridgehead atoms. The summed E-state index contributed by atoms with van der Waals surface area (Å²) in [5.74, 6) is 0.0146. The Morgan fingerprint density at radius 2 is 2.00 bits per heavy atom. The summed E-state index contributed by atoms with van der Waals surface area (Å²) >= 11 is 7.57. The quantitative estimate of drug-likeness (QED) is 0.797. The molecule has 0 saturated carbocycles. The van der Waals surface area contributed by atoms with E-state index in [9.17, 15) is 4.79 Å². The van der Waals surface area contributed by atoms with Gasteiger partial charge in [0, 0.05) is 15.9 Å². The number of benzene rings is 1. The first-order chi connectivity index (χ1) is 10.6. The molecular weight excluding hydrogens is 316 g/mol. The van der Waals surface area contributed by atoms with E-state index in [2.05, 4.69) is 17.6 Å². The second kappa shape index (κ2) is 8.32. The van der Waals surface area contributed by atoms with Crippen molar-refractivity contribution >= 4 is 28.8 Å². The molecule has 2 atom stereocenters. The number of amides is 1. The Morgan fingerprint density at radius 1 is 1.27 bits per heavy atom. The van der Waals surface area contributed by atoms with E-state index in [0.29, 0.717) is 6.54 Å². The molecule has 3 nitrogen and oxygen atoms in total. The van der Waals surface area contributed by atoms with Crippen LogP contribution >= 0.6 is 22.9 Å². The molecule has 1 aromatic carbocycles. The van der Waals surface area contributed by atoms with Crippen molar-refractivity contribution in [2.45, 2.75) is 38.9 Å². The second-order valence-electron chi connectivity index (χ2n) is 5.20. The van der Waals surface area contributed by atoms with E-state index >= 15 is 0 Å². The lowest BCUT2D eigenvalue weighted by Gasteiger charge is -2.22. The molecule has 1 aromatic heterocycles. The molecule has 0 aliphatic carbocycles. The van der Waals surface area contributed by atoms with Crippen LogP contribution in [0, 0.1) is 0 Å². The van der Waals surface area contributed by atoms with Crippen molar-refractivity contribution < 1.29 is 4.79 Å². The van der Waals surface area contributed by atoms with Crippen LogP contribution in [0.1, 0.15) is 36.8 Å². The monoisotopic (exact) mass is 336 g/mol. The Bertz CT molecular complexity index is 583. The summed E-state index contributed by atoms with van der Waals surface area (Å²) in [7, 11) is 0. The number of hydrogen-bond donors (Lipinski definition) is 2. The zero-order valence-electron chi connectivity index (χ0n) is 12.8. The molecule has 0 aliphatic rings. The molecular formula is C17H21ClN2OS. The number of halogens is 1. The fourth-order valence-electron chi connectivity index (χ4n) is 2.26. The van der Waals surface area contributed by atoms with Gasteiger partial charge in [0.2, 0.25) is 5.91 Å². The van der Waals surface area contributed by atoms with Crippen molar-refractivity contribution in [2.75, 3.05) is 0 Å². The van der Waals surface area contributed by atoms with Crippen LogP contribution < -0.4 is 10.6 Å². The van der Waals surface area contributed by atoms with Crippen molar-refractivity contribution in [1.29, 1.82) is 0 Å². The van der Waals surface area contributed by atoms with Crippen LogP contribution in [0.5, 0.6) is 0 Å². The standard InChI is InChI=1S/C17H21ClN2OS/c1-3-16(13-6-8-14(18)9-7-13)20-12(2)17(21)19-11-15-5-4-10-22-15/h4-10,12,16,20H,3,11H2,1-2H3,(H,19,21)/t12-,16-/m1/s1. The molecule has 22 heavy (non-hydrogen) atoms. The first kappa shape index (κ1) is 17.0. The summed E-state index contributed by atoms with van der Waals surface area (Å²) in [5.41, 5.74) is 1.14. The number of thiophene rings is 1. The lowest BCUT2D eigenvalue weighted by atomic mass is 10.0. The molecule has 1 heterocycles. The van der Waals surface area contributed by atoms with Crippen LogP contribution in [0.15, 0.2) is 41.8 Å². The summed E-state index contributed by atoms with van der Waals surface area (Å²) in [6.07, 6.45) is 0.907. The van der Waals surface area contributed by atoms with Crippen LogP contribution in [0.4, 0.5) is 0 Å². The minimum atomic E-state index is -0.249. The summed E-state index contributed by atoms with van der Waals surface area (Å²) in [4.78, 5) is 13.3. The summed E-state index contributed by atoms with van der Waals surface area (Å²) in [6.45, 7) is 4.57. The highest BCUT2D eigenvalue weighted by atomic mass is 35.5. The van der Waals surface area contributed by atoms with Gasteiger partial charge in [-0.3, -0.25) is 10.1 Å². The maximum absolute atomic E-state index is 12.2. The van der Waals surface area contributed by atoms with Gasteiger partial charge in [-0.15, -0.1) is 11.3 Å². The molecule has 0 radical (unpaired) electrons. The lowest BCUT2D eigenvalue weighted by Crippen LogP contribution is -2.43. The summed E-state index contributed by atoms with van der Waals surface area (Å²) < 4.78 is 0. The molecule has 2 rings (SSSR count). The third-order valence-corrected chi connectivity index (χ3v) is 4.67. The van der Waals surface area contributed by atoms with Gasteiger partial charge >= 0.3 is 0 Å². The van der Waals surface area contributed by atoms with Crippen molar-refractivity contribution in [3.05, 3.63) is 57.2 Å². The van der Waals surface area contributed by atoms with Gasteiger partial charge in [0.25, 0.3) is 0 Å². The third-order valence-electron chi connectivity index (χ3n) is 3.54. The fourth-order valence-corrected chi connectivity index (χ4v) is 3.03. The highest BCUT2D eigenvalue weighted by Gasteiger charge is 2.17. The molecule has 0 aliphatic heterocycles. The first-order valence-electron chi connectivity index (χ1n) is 7.41. The third kappa shape index (κ3) is 4.83. The summed E-state index contributed by atoms with van der Waals surface area (Å²) in [5, 5.41) is 9.08. The summed E-state index contributed by atoms with van der Waals surface area (Å²) in [6, 6.07) is 11.7. The van der Waals surface area contributed by atoms with Gasteiger partial charge < -0.3 is 5.32 Å². The number of nitrogens with one attached hydrogen (secondary N) is 2. The fraction of sp³-hybridized carbons (Fsp3) is 0.353. The van der Waals surface area contributed by atoms with E-state index in [1.54, 1.807) is 11.3 Å². The van der Waals surface area contributed by atoms with Crippen LogP contribution in [-0.2, 0) is 11.3 Å². The van der Waals surface area contributed by atoms with Gasteiger partial charge in [0.15, 0.2) is 0 Å². The van der Waals surface area contributed by atoms with E-state index in [4.69, 9.17) is 11.6 Å². The lowest BCUT2D eigenvalue weighted by molar-refractivity contribution is -0.123. The molecule has 2 aromatic rings. The van der Waals surface area contributed by atoms with Crippen molar-refractivity contribution in [2.24, 2.45) is 0 Å². The van der Waals surface area contributed by atoms with E-state index in [0.717, 1.165) is 21.9 Å². The van der Waals surface area contributed by atoms with Gasteiger partial charge in [-0.2, -0.15) is 0 Å². The number of rotatable bonds is 7. The molecule has 5 heteroatoms. The number of carbonyl (C=O) groups excluding carboxylic acids is 1. The van der Waals surface area contributed by atoms with Crippen molar-refractivity contribution in [3.8, 4) is 0 Å². The maximum atomic E-state index is 12.2. The molecule has 0 spiro atoms. The van der Waals surface area contributed by atoms with E-state index in [1.807, 2.05) is 48.7 Å². The van der Waals surface area contributed by atoms with Crippen LogP contribution in [0.25, 0.3) is 0 Å². The van der Waals surface area contributed by atoms with Crippen molar-refractivity contribution in [1.82, 2.24) is 10.6 Å². The zero-order valence-corrected chi connectivity index (χ0v) is 14.4. The van der Waals surface area contributed by atoms with Crippen LogP contribution in [0.3, 0.4) is 0 Å². The minimum Gasteiger partial charge on any atom is -0.350 e. The molecule has 0 unspecified atom stereocenters. The molecule has 118 valence electrons. The SMILES string of the molecule is CC[C@@H](N[C@H](C)C(=O)NCc1cccs1)c1ccc(Cl)cc1.